The number of methoxy groups -OCH3 is 1. The van der Waals surface area contributed by atoms with Crippen LogP contribution in [0.1, 0.15) is 5.69 Å². The Labute approximate surface area is 124 Å². The molecule has 0 radical (unpaired) electrons. The number of hydrogen-bond donors (Lipinski definition) is 1. The van der Waals surface area contributed by atoms with E-state index in [1.54, 1.807) is 7.11 Å². The molecule has 1 N–H and O–H groups in total. The molecule has 0 fully saturated rings. The molecule has 0 aliphatic carbocycles. The quantitative estimate of drug-likeness (QED) is 0.788. The number of benzene rings is 1. The van der Waals surface area contributed by atoms with Crippen LogP contribution < -0.4 is 5.32 Å². The second-order valence-electron chi connectivity index (χ2n) is 4.95. The highest BCUT2D eigenvalue weighted by atomic mass is 16.5. The molecule has 114 valence electrons. The van der Waals surface area contributed by atoms with Crippen LogP contribution in [0, 0.1) is 0 Å². The smallest absolute Gasteiger partial charge is 0.226 e. The lowest BCUT2D eigenvalue weighted by Gasteiger charge is -2.15. The number of aromatic nitrogens is 1. The minimum Gasteiger partial charge on any atom is -0.383 e. The molecule has 0 saturated heterocycles. The van der Waals surface area contributed by atoms with Crippen molar-refractivity contribution in [2.24, 2.45) is 0 Å². The second kappa shape index (κ2) is 7.75. The number of nitrogens with one attached hydrogen (secondary N) is 1. The average Bonchev–Trinajstić information content (AvgIpc) is 2.88. The molecule has 1 amide bonds. The number of fused-ring (bicyclic) bond motifs is 1. The number of rotatable bonds is 8. The summed E-state index contributed by atoms with van der Waals surface area (Å²) in [4.78, 5) is 14.0. The van der Waals surface area contributed by atoms with Gasteiger partial charge in [0.2, 0.25) is 5.91 Å². The van der Waals surface area contributed by atoms with Crippen LogP contribution in [-0.4, -0.2) is 56.4 Å². The highest BCUT2D eigenvalue weighted by Crippen LogP contribution is 2.17. The topological polar surface area (TPSA) is 67.6 Å². The van der Waals surface area contributed by atoms with Gasteiger partial charge in [0.05, 0.1) is 13.0 Å². The van der Waals surface area contributed by atoms with Gasteiger partial charge in [0.1, 0.15) is 5.69 Å². The summed E-state index contributed by atoms with van der Waals surface area (Å²) < 4.78 is 10.2. The molecule has 2 aromatic rings. The van der Waals surface area contributed by atoms with E-state index in [-0.39, 0.29) is 12.3 Å². The van der Waals surface area contributed by atoms with Gasteiger partial charge < -0.3 is 19.5 Å². The maximum absolute atomic E-state index is 11.9. The molecule has 2 rings (SSSR count). The molecule has 0 atom stereocenters. The molecule has 1 aromatic carbocycles. The van der Waals surface area contributed by atoms with Crippen molar-refractivity contribution in [3.8, 4) is 0 Å². The van der Waals surface area contributed by atoms with Gasteiger partial charge in [-0.1, -0.05) is 17.3 Å². The highest BCUT2D eigenvalue weighted by Gasteiger charge is 2.11. The maximum atomic E-state index is 11.9. The lowest BCUT2D eigenvalue weighted by Crippen LogP contribution is -2.35. The van der Waals surface area contributed by atoms with Gasteiger partial charge in [-0.3, -0.25) is 4.79 Å². The van der Waals surface area contributed by atoms with Crippen molar-refractivity contribution in [3.63, 3.8) is 0 Å². The van der Waals surface area contributed by atoms with Gasteiger partial charge in [0.25, 0.3) is 0 Å². The Morgan fingerprint density at radius 1 is 1.38 bits per heavy atom. The van der Waals surface area contributed by atoms with Crippen molar-refractivity contribution in [2.45, 2.75) is 6.42 Å². The van der Waals surface area contributed by atoms with E-state index in [1.807, 2.05) is 31.3 Å². The Morgan fingerprint density at radius 3 is 3.00 bits per heavy atom. The molecule has 0 unspecified atom stereocenters. The van der Waals surface area contributed by atoms with Gasteiger partial charge >= 0.3 is 0 Å². The fourth-order valence-corrected chi connectivity index (χ4v) is 2.03. The lowest BCUT2D eigenvalue weighted by atomic mass is 10.1. The maximum Gasteiger partial charge on any atom is 0.226 e. The molecule has 6 heteroatoms. The van der Waals surface area contributed by atoms with Crippen molar-refractivity contribution in [1.82, 2.24) is 15.4 Å². The van der Waals surface area contributed by atoms with Crippen LogP contribution in [0.4, 0.5) is 0 Å². The highest BCUT2D eigenvalue weighted by molar-refractivity contribution is 5.86. The van der Waals surface area contributed by atoms with Gasteiger partial charge in [0, 0.05) is 32.1 Å². The Hall–Kier alpha value is -1.92. The molecule has 0 spiro atoms. The van der Waals surface area contributed by atoms with E-state index in [0.717, 1.165) is 18.5 Å². The Bertz CT molecular complexity index is 582. The number of para-hydroxylation sites is 1. The molecular formula is C15H21N3O3. The van der Waals surface area contributed by atoms with Crippen LogP contribution in [0.15, 0.2) is 28.8 Å². The summed E-state index contributed by atoms with van der Waals surface area (Å²) >= 11 is 0. The van der Waals surface area contributed by atoms with Crippen molar-refractivity contribution < 1.29 is 14.1 Å². The molecule has 1 heterocycles. The van der Waals surface area contributed by atoms with Crippen LogP contribution in [-0.2, 0) is 16.0 Å². The third-order valence-electron chi connectivity index (χ3n) is 3.27. The van der Waals surface area contributed by atoms with E-state index in [9.17, 15) is 4.79 Å². The van der Waals surface area contributed by atoms with Gasteiger partial charge in [-0.05, 0) is 19.2 Å². The van der Waals surface area contributed by atoms with Crippen molar-refractivity contribution in [1.29, 1.82) is 0 Å². The Morgan fingerprint density at radius 2 is 2.19 bits per heavy atom. The van der Waals surface area contributed by atoms with E-state index >= 15 is 0 Å². The molecule has 0 saturated carbocycles. The van der Waals surface area contributed by atoms with E-state index in [0.29, 0.717) is 24.4 Å². The molecule has 21 heavy (non-hydrogen) atoms. The predicted molar refractivity (Wildman–Crippen MR) is 80.1 cm³/mol. The number of likely N-dealkylation sites (N-methyl/N-ethyl adjacent to an activating group) is 1. The molecular weight excluding hydrogens is 270 g/mol. The first-order valence-electron chi connectivity index (χ1n) is 6.98. The summed E-state index contributed by atoms with van der Waals surface area (Å²) in [5.41, 5.74) is 1.38. The molecule has 0 aliphatic rings. The van der Waals surface area contributed by atoms with E-state index in [2.05, 4.69) is 15.4 Å². The van der Waals surface area contributed by atoms with Crippen LogP contribution in [0.2, 0.25) is 0 Å². The first kappa shape index (κ1) is 15.5. The number of amides is 1. The Balaban J connectivity index is 1.77. The predicted octanol–water partition coefficient (Wildman–Crippen LogP) is 1.06. The van der Waals surface area contributed by atoms with Crippen molar-refractivity contribution in [3.05, 3.63) is 30.0 Å². The fourth-order valence-electron chi connectivity index (χ4n) is 2.03. The molecule has 0 aliphatic heterocycles. The molecule has 0 bridgehead atoms. The fraction of sp³-hybridized carbons (Fsp3) is 0.467. The first-order valence-corrected chi connectivity index (χ1v) is 6.98. The first-order chi connectivity index (χ1) is 10.2. The standard InChI is InChI=1S/C15H21N3O3/c1-18(9-10-20-2)8-7-16-15(19)11-13-12-5-3-4-6-14(12)21-17-13/h3-6H,7-11H2,1-2H3,(H,16,19). The minimum atomic E-state index is -0.0470. The SMILES string of the molecule is COCCN(C)CCNC(=O)Cc1noc2ccccc12. The Kier molecular flexibility index (Phi) is 5.71. The van der Waals surface area contributed by atoms with Crippen LogP contribution in [0.5, 0.6) is 0 Å². The summed E-state index contributed by atoms with van der Waals surface area (Å²) in [7, 11) is 3.67. The zero-order chi connectivity index (χ0) is 15.1. The van der Waals surface area contributed by atoms with Crippen molar-refractivity contribution in [2.75, 3.05) is 40.4 Å². The molecule has 1 aromatic heterocycles. The average molecular weight is 291 g/mol. The molecule has 6 nitrogen and oxygen atoms in total. The number of hydrogen-bond acceptors (Lipinski definition) is 5. The third-order valence-corrected chi connectivity index (χ3v) is 3.27. The summed E-state index contributed by atoms with van der Waals surface area (Å²) in [5.74, 6) is -0.0470. The third kappa shape index (κ3) is 4.54. The zero-order valence-corrected chi connectivity index (χ0v) is 12.5. The van der Waals surface area contributed by atoms with Gasteiger partial charge in [-0.2, -0.15) is 0 Å². The number of carbonyl (C=O) groups excluding carboxylic acids is 1. The summed E-state index contributed by atoms with van der Waals surface area (Å²) in [6.07, 6.45) is 0.235. The second-order valence-corrected chi connectivity index (χ2v) is 4.95. The van der Waals surface area contributed by atoms with Crippen LogP contribution >= 0.6 is 0 Å². The zero-order valence-electron chi connectivity index (χ0n) is 12.5. The van der Waals surface area contributed by atoms with Crippen molar-refractivity contribution >= 4 is 16.9 Å². The minimum absolute atomic E-state index is 0.0470. The monoisotopic (exact) mass is 291 g/mol. The summed E-state index contributed by atoms with van der Waals surface area (Å²) in [5, 5.41) is 7.74. The number of nitrogens with zero attached hydrogens (tertiary/aromatic N) is 2. The summed E-state index contributed by atoms with van der Waals surface area (Å²) in [6, 6.07) is 7.54. The number of carbonyl (C=O) groups is 1. The normalized spacial score (nSPS) is 11.2. The van der Waals surface area contributed by atoms with E-state index < -0.39 is 0 Å². The lowest BCUT2D eigenvalue weighted by molar-refractivity contribution is -0.120. The van der Waals surface area contributed by atoms with Crippen LogP contribution in [0.25, 0.3) is 11.0 Å². The van der Waals surface area contributed by atoms with Crippen LogP contribution in [0.3, 0.4) is 0 Å². The van der Waals surface area contributed by atoms with E-state index in [1.165, 1.54) is 0 Å². The summed E-state index contributed by atoms with van der Waals surface area (Å²) in [6.45, 7) is 2.93. The van der Waals surface area contributed by atoms with Gasteiger partial charge in [-0.15, -0.1) is 0 Å². The van der Waals surface area contributed by atoms with Gasteiger partial charge in [-0.25, -0.2) is 0 Å². The van der Waals surface area contributed by atoms with E-state index in [4.69, 9.17) is 9.26 Å². The van der Waals surface area contributed by atoms with Gasteiger partial charge in [0.15, 0.2) is 5.58 Å². The number of ether oxygens (including phenoxy) is 1. The largest absolute Gasteiger partial charge is 0.383 e.